The second-order valence-electron chi connectivity index (χ2n) is 3.97. The molecule has 0 aliphatic heterocycles. The fraction of sp³-hybridized carbons (Fsp3) is 0.188. The zero-order chi connectivity index (χ0) is 13.5. The summed E-state index contributed by atoms with van der Waals surface area (Å²) in [7, 11) is 0. The number of esters is 1. The maximum absolute atomic E-state index is 11.1. The number of hydrogen-bond donors (Lipinski definition) is 0. The molecule has 2 aromatic carbocycles. The third-order valence-corrected chi connectivity index (χ3v) is 2.61. The van der Waals surface area contributed by atoms with Crippen molar-refractivity contribution in [3.8, 4) is 5.75 Å². The first kappa shape index (κ1) is 13.1. The Bertz CT molecular complexity index is 587. The van der Waals surface area contributed by atoms with E-state index in [9.17, 15) is 4.79 Å². The van der Waals surface area contributed by atoms with Crippen molar-refractivity contribution in [1.29, 1.82) is 0 Å². The fourth-order valence-electron chi connectivity index (χ4n) is 1.74. The first-order chi connectivity index (χ1) is 9.29. The van der Waals surface area contributed by atoms with Crippen LogP contribution in [0, 0.1) is 0 Å². The molecule has 2 rings (SSSR count). The van der Waals surface area contributed by atoms with Gasteiger partial charge in [-0.15, -0.1) is 0 Å². The third-order valence-electron chi connectivity index (χ3n) is 2.61. The molecule has 0 aliphatic carbocycles. The molecule has 0 fully saturated rings. The van der Waals surface area contributed by atoms with Crippen LogP contribution in [0.2, 0.25) is 0 Å². The number of fused-ring (bicyclic) bond motifs is 1. The minimum atomic E-state index is -0.343. The van der Waals surface area contributed by atoms with Gasteiger partial charge >= 0.3 is 5.97 Å². The largest absolute Gasteiger partial charge is 0.490 e. The molecular weight excluding hydrogens is 240 g/mol. The van der Waals surface area contributed by atoms with Gasteiger partial charge in [-0.25, -0.2) is 4.79 Å². The lowest BCUT2D eigenvalue weighted by atomic mass is 10.1. The Morgan fingerprint density at radius 3 is 2.74 bits per heavy atom. The molecular formula is C16H16O3. The number of carbonyl (C=O) groups excluding carboxylic acids is 1. The van der Waals surface area contributed by atoms with Crippen molar-refractivity contribution in [2.75, 3.05) is 13.2 Å². The summed E-state index contributed by atoms with van der Waals surface area (Å²) in [5.74, 6) is 0.442. The van der Waals surface area contributed by atoms with Gasteiger partial charge in [0.2, 0.25) is 0 Å². The van der Waals surface area contributed by atoms with Gasteiger partial charge < -0.3 is 9.47 Å². The van der Waals surface area contributed by atoms with Gasteiger partial charge in [-0.2, -0.15) is 0 Å². The monoisotopic (exact) mass is 256 g/mol. The molecule has 0 aromatic heterocycles. The van der Waals surface area contributed by atoms with E-state index in [2.05, 4.69) is 6.07 Å². The third kappa shape index (κ3) is 3.85. The zero-order valence-electron chi connectivity index (χ0n) is 10.8. The first-order valence-electron chi connectivity index (χ1n) is 6.24. The van der Waals surface area contributed by atoms with E-state index in [1.807, 2.05) is 36.4 Å². The molecule has 0 atom stereocenters. The minimum Gasteiger partial charge on any atom is -0.490 e. The zero-order valence-corrected chi connectivity index (χ0v) is 10.8. The van der Waals surface area contributed by atoms with E-state index >= 15 is 0 Å². The van der Waals surface area contributed by atoms with E-state index < -0.39 is 0 Å². The Hall–Kier alpha value is -2.29. The maximum atomic E-state index is 11.1. The molecule has 0 spiro atoms. The van der Waals surface area contributed by atoms with E-state index in [1.54, 1.807) is 13.0 Å². The predicted octanol–water partition coefficient (Wildman–Crippen LogP) is 3.34. The Morgan fingerprint density at radius 1 is 1.16 bits per heavy atom. The van der Waals surface area contributed by atoms with Crippen LogP contribution in [0.15, 0.2) is 54.6 Å². The quantitative estimate of drug-likeness (QED) is 0.608. The Morgan fingerprint density at radius 2 is 1.95 bits per heavy atom. The topological polar surface area (TPSA) is 35.5 Å². The molecule has 0 aliphatic rings. The van der Waals surface area contributed by atoms with E-state index in [-0.39, 0.29) is 5.97 Å². The lowest BCUT2D eigenvalue weighted by molar-refractivity contribution is -0.137. The van der Waals surface area contributed by atoms with Crippen molar-refractivity contribution >= 4 is 16.7 Å². The van der Waals surface area contributed by atoms with E-state index in [1.165, 1.54) is 11.5 Å². The van der Waals surface area contributed by atoms with Gasteiger partial charge in [-0.1, -0.05) is 30.3 Å². The molecule has 3 heteroatoms. The van der Waals surface area contributed by atoms with Crippen molar-refractivity contribution in [2.45, 2.75) is 6.92 Å². The number of ether oxygens (including phenoxy) is 2. The van der Waals surface area contributed by atoms with Crippen LogP contribution in [0.3, 0.4) is 0 Å². The maximum Gasteiger partial charge on any atom is 0.330 e. The van der Waals surface area contributed by atoms with Crippen LogP contribution in [0.25, 0.3) is 10.8 Å². The first-order valence-corrected chi connectivity index (χ1v) is 6.24. The van der Waals surface area contributed by atoms with Gasteiger partial charge in [0.25, 0.3) is 0 Å². The second-order valence-corrected chi connectivity index (χ2v) is 3.97. The van der Waals surface area contributed by atoms with Crippen molar-refractivity contribution in [1.82, 2.24) is 0 Å². The molecule has 0 heterocycles. The summed E-state index contributed by atoms with van der Waals surface area (Å²) in [6, 6.07) is 14.0. The van der Waals surface area contributed by atoms with Crippen LogP contribution >= 0.6 is 0 Å². The van der Waals surface area contributed by atoms with Gasteiger partial charge in [0, 0.05) is 6.08 Å². The van der Waals surface area contributed by atoms with Crippen molar-refractivity contribution in [3.05, 3.63) is 54.6 Å². The van der Waals surface area contributed by atoms with E-state index in [0.717, 1.165) is 11.1 Å². The SMILES string of the molecule is CCOC(=O)/C=C/COc1ccc2ccccc2c1. The van der Waals surface area contributed by atoms with Gasteiger partial charge in [0.1, 0.15) is 12.4 Å². The molecule has 2 aromatic rings. The molecule has 0 N–H and O–H groups in total. The van der Waals surface area contributed by atoms with Crippen molar-refractivity contribution in [3.63, 3.8) is 0 Å². The highest BCUT2D eigenvalue weighted by molar-refractivity contribution is 5.83. The highest BCUT2D eigenvalue weighted by atomic mass is 16.5. The van der Waals surface area contributed by atoms with Crippen LogP contribution < -0.4 is 4.74 Å². The molecule has 98 valence electrons. The number of benzene rings is 2. The summed E-state index contributed by atoms with van der Waals surface area (Å²) in [6.45, 7) is 2.50. The van der Waals surface area contributed by atoms with Crippen LogP contribution in [0.4, 0.5) is 0 Å². The molecule has 0 saturated carbocycles. The van der Waals surface area contributed by atoms with E-state index in [4.69, 9.17) is 9.47 Å². The summed E-state index contributed by atoms with van der Waals surface area (Å²) in [5.41, 5.74) is 0. The Balaban J connectivity index is 1.93. The predicted molar refractivity (Wildman–Crippen MR) is 75.2 cm³/mol. The van der Waals surface area contributed by atoms with Gasteiger partial charge in [0.15, 0.2) is 0 Å². The fourth-order valence-corrected chi connectivity index (χ4v) is 1.74. The number of hydrogen-bond acceptors (Lipinski definition) is 3. The lowest BCUT2D eigenvalue weighted by Crippen LogP contribution is -2.00. The normalized spacial score (nSPS) is 10.8. The molecule has 0 saturated heterocycles. The molecule has 0 unspecified atom stereocenters. The smallest absolute Gasteiger partial charge is 0.330 e. The molecule has 3 nitrogen and oxygen atoms in total. The van der Waals surface area contributed by atoms with Crippen LogP contribution in [-0.2, 0) is 9.53 Å². The molecule has 0 bridgehead atoms. The highest BCUT2D eigenvalue weighted by Gasteiger charge is 1.96. The minimum absolute atomic E-state index is 0.343. The second kappa shape index (κ2) is 6.59. The Kier molecular flexibility index (Phi) is 4.56. The van der Waals surface area contributed by atoms with Crippen LogP contribution in [0.1, 0.15) is 6.92 Å². The Labute approximate surface area is 112 Å². The highest BCUT2D eigenvalue weighted by Crippen LogP contribution is 2.20. The summed E-state index contributed by atoms with van der Waals surface area (Å²) in [4.78, 5) is 11.1. The van der Waals surface area contributed by atoms with Crippen LogP contribution in [0.5, 0.6) is 5.75 Å². The summed E-state index contributed by atoms with van der Waals surface area (Å²) in [5, 5.41) is 2.31. The summed E-state index contributed by atoms with van der Waals surface area (Å²) >= 11 is 0. The molecule has 0 amide bonds. The summed E-state index contributed by atoms with van der Waals surface area (Å²) < 4.78 is 10.3. The number of rotatable bonds is 5. The van der Waals surface area contributed by atoms with Gasteiger partial charge in [-0.05, 0) is 35.9 Å². The number of carbonyl (C=O) groups is 1. The summed E-state index contributed by atoms with van der Waals surface area (Å²) in [6.07, 6.45) is 3.03. The molecule has 0 radical (unpaired) electrons. The lowest BCUT2D eigenvalue weighted by Gasteiger charge is -2.04. The standard InChI is InChI=1S/C16H16O3/c1-2-18-16(17)8-5-11-19-15-10-9-13-6-3-4-7-14(13)12-15/h3-10,12H,2,11H2,1H3/b8-5+. The van der Waals surface area contributed by atoms with Gasteiger partial charge in [0.05, 0.1) is 6.61 Å². The van der Waals surface area contributed by atoms with Crippen molar-refractivity contribution in [2.24, 2.45) is 0 Å². The average Bonchev–Trinajstić information content (AvgIpc) is 2.44. The molecule has 19 heavy (non-hydrogen) atoms. The van der Waals surface area contributed by atoms with E-state index in [0.29, 0.717) is 13.2 Å². The van der Waals surface area contributed by atoms with Crippen LogP contribution in [-0.4, -0.2) is 19.2 Å². The average molecular weight is 256 g/mol. The van der Waals surface area contributed by atoms with Crippen molar-refractivity contribution < 1.29 is 14.3 Å². The van der Waals surface area contributed by atoms with Gasteiger partial charge in [-0.3, -0.25) is 0 Å².